The molecule has 0 amide bonds. The molecule has 2 aromatic rings. The largest absolute Gasteiger partial charge is 0.491 e. The van der Waals surface area contributed by atoms with E-state index >= 15 is 0 Å². The van der Waals surface area contributed by atoms with Crippen molar-refractivity contribution in [3.8, 4) is 5.75 Å². The van der Waals surface area contributed by atoms with Gasteiger partial charge in [-0.25, -0.2) is 14.0 Å². The number of fused-ring (bicyclic) bond motifs is 1. The summed E-state index contributed by atoms with van der Waals surface area (Å²) in [6.07, 6.45) is 0. The highest BCUT2D eigenvalue weighted by atomic mass is 19.1. The molecule has 0 unspecified atom stereocenters. The van der Waals surface area contributed by atoms with Crippen molar-refractivity contribution in [1.29, 1.82) is 0 Å². The van der Waals surface area contributed by atoms with E-state index in [0.717, 1.165) is 6.07 Å². The zero-order valence-corrected chi connectivity index (χ0v) is 8.37. The molecule has 0 saturated carbocycles. The molecule has 2 rings (SSSR count). The number of aromatic amines is 1. The van der Waals surface area contributed by atoms with Crippen molar-refractivity contribution in [2.75, 3.05) is 6.61 Å². The highest BCUT2D eigenvalue weighted by Gasteiger charge is 2.09. The Hall–Kier alpha value is -2.11. The van der Waals surface area contributed by atoms with Crippen LogP contribution in [0.15, 0.2) is 26.1 Å². The van der Waals surface area contributed by atoms with Crippen molar-refractivity contribution in [1.82, 2.24) is 4.98 Å². The lowest BCUT2D eigenvalue weighted by Gasteiger charge is -2.04. The van der Waals surface area contributed by atoms with Crippen LogP contribution in [0.5, 0.6) is 5.75 Å². The van der Waals surface area contributed by atoms with Crippen LogP contribution in [0.3, 0.4) is 0 Å². The SMILES string of the molecule is CCOc1cc2c(=O)oc(=O)[nH]c2cc1F. The molecule has 0 atom stereocenters. The number of benzene rings is 1. The van der Waals surface area contributed by atoms with Crippen molar-refractivity contribution in [3.05, 3.63) is 38.9 Å². The molecular formula is C10H8FNO4. The first kappa shape index (κ1) is 10.4. The van der Waals surface area contributed by atoms with Crippen LogP contribution in [-0.2, 0) is 0 Å². The van der Waals surface area contributed by atoms with E-state index in [1.165, 1.54) is 6.07 Å². The van der Waals surface area contributed by atoms with Crippen LogP contribution < -0.4 is 16.1 Å². The van der Waals surface area contributed by atoms with Crippen LogP contribution in [0.4, 0.5) is 4.39 Å². The number of H-pyrrole nitrogens is 1. The van der Waals surface area contributed by atoms with E-state index in [-0.39, 0.29) is 23.3 Å². The van der Waals surface area contributed by atoms with Gasteiger partial charge in [0.05, 0.1) is 17.5 Å². The Labute approximate surface area is 88.5 Å². The third-order valence-electron chi connectivity index (χ3n) is 2.01. The molecular weight excluding hydrogens is 217 g/mol. The van der Waals surface area contributed by atoms with Gasteiger partial charge in [0.25, 0.3) is 0 Å². The molecule has 6 heteroatoms. The smallest absolute Gasteiger partial charge is 0.419 e. The maximum atomic E-state index is 13.4. The zero-order valence-electron chi connectivity index (χ0n) is 8.37. The fourth-order valence-electron chi connectivity index (χ4n) is 1.37. The van der Waals surface area contributed by atoms with Gasteiger partial charge in [-0.15, -0.1) is 0 Å². The van der Waals surface area contributed by atoms with E-state index in [2.05, 4.69) is 9.40 Å². The summed E-state index contributed by atoms with van der Waals surface area (Å²) in [7, 11) is 0. The van der Waals surface area contributed by atoms with E-state index in [9.17, 15) is 14.0 Å². The van der Waals surface area contributed by atoms with Gasteiger partial charge in [-0.3, -0.25) is 4.98 Å². The molecule has 84 valence electrons. The molecule has 1 aromatic carbocycles. The molecule has 0 fully saturated rings. The first-order chi connectivity index (χ1) is 7.61. The third kappa shape index (κ3) is 1.69. The van der Waals surface area contributed by atoms with Crippen LogP contribution in [0.2, 0.25) is 0 Å². The molecule has 1 heterocycles. The summed E-state index contributed by atoms with van der Waals surface area (Å²) < 4.78 is 22.7. The zero-order chi connectivity index (χ0) is 11.7. The minimum absolute atomic E-state index is 0.0469. The average molecular weight is 225 g/mol. The molecule has 1 N–H and O–H groups in total. The Morgan fingerprint density at radius 3 is 2.88 bits per heavy atom. The Morgan fingerprint density at radius 2 is 2.19 bits per heavy atom. The molecule has 0 radical (unpaired) electrons. The standard InChI is InChI=1S/C10H8FNO4/c1-2-15-8-3-5-7(4-6(8)11)12-10(14)16-9(5)13/h3-4H,2H2,1H3,(H,12,14). The minimum Gasteiger partial charge on any atom is -0.491 e. The predicted octanol–water partition coefficient (Wildman–Crippen LogP) is 1.02. The maximum Gasteiger partial charge on any atom is 0.419 e. The van der Waals surface area contributed by atoms with Gasteiger partial charge in [0.1, 0.15) is 0 Å². The van der Waals surface area contributed by atoms with Crippen LogP contribution >= 0.6 is 0 Å². The Bertz CT molecular complexity index is 643. The fourth-order valence-corrected chi connectivity index (χ4v) is 1.37. The number of halogens is 1. The Morgan fingerprint density at radius 1 is 1.44 bits per heavy atom. The van der Waals surface area contributed by atoms with Crippen molar-refractivity contribution < 1.29 is 13.5 Å². The summed E-state index contributed by atoms with van der Waals surface area (Å²) in [6.45, 7) is 1.97. The number of hydrogen-bond acceptors (Lipinski definition) is 4. The van der Waals surface area contributed by atoms with Crippen LogP contribution in [-0.4, -0.2) is 11.6 Å². The van der Waals surface area contributed by atoms with E-state index in [1.807, 2.05) is 0 Å². The first-order valence-corrected chi connectivity index (χ1v) is 4.61. The van der Waals surface area contributed by atoms with Crippen molar-refractivity contribution in [2.45, 2.75) is 6.92 Å². The van der Waals surface area contributed by atoms with E-state index in [4.69, 9.17) is 4.74 Å². The van der Waals surface area contributed by atoms with Gasteiger partial charge in [-0.1, -0.05) is 0 Å². The lowest BCUT2D eigenvalue weighted by Crippen LogP contribution is -2.14. The number of nitrogens with one attached hydrogen (secondary N) is 1. The molecule has 0 spiro atoms. The van der Waals surface area contributed by atoms with Crippen molar-refractivity contribution in [3.63, 3.8) is 0 Å². The Kier molecular flexibility index (Phi) is 2.47. The van der Waals surface area contributed by atoms with Crippen LogP contribution in [0.25, 0.3) is 10.9 Å². The molecule has 0 bridgehead atoms. The summed E-state index contributed by atoms with van der Waals surface area (Å²) in [5.74, 6) is -1.61. The highest BCUT2D eigenvalue weighted by molar-refractivity contribution is 5.78. The van der Waals surface area contributed by atoms with E-state index < -0.39 is 17.2 Å². The molecule has 1 aromatic heterocycles. The van der Waals surface area contributed by atoms with Gasteiger partial charge in [0.15, 0.2) is 11.6 Å². The average Bonchev–Trinajstić information content (AvgIpc) is 2.20. The van der Waals surface area contributed by atoms with Gasteiger partial charge < -0.3 is 9.15 Å². The third-order valence-corrected chi connectivity index (χ3v) is 2.01. The normalized spacial score (nSPS) is 10.6. The lowest BCUT2D eigenvalue weighted by atomic mass is 10.2. The first-order valence-electron chi connectivity index (χ1n) is 4.61. The second kappa shape index (κ2) is 3.80. The minimum atomic E-state index is -0.916. The number of aromatic nitrogens is 1. The maximum absolute atomic E-state index is 13.4. The fraction of sp³-hybridized carbons (Fsp3) is 0.200. The van der Waals surface area contributed by atoms with Gasteiger partial charge in [0.2, 0.25) is 0 Å². The Balaban J connectivity index is 2.79. The second-order valence-electron chi connectivity index (χ2n) is 3.06. The molecule has 5 nitrogen and oxygen atoms in total. The number of ether oxygens (including phenoxy) is 1. The van der Waals surface area contributed by atoms with Gasteiger partial charge in [-0.2, -0.15) is 0 Å². The topological polar surface area (TPSA) is 72.3 Å². The van der Waals surface area contributed by atoms with Gasteiger partial charge in [-0.05, 0) is 13.0 Å². The van der Waals surface area contributed by atoms with Crippen molar-refractivity contribution in [2.24, 2.45) is 0 Å². The highest BCUT2D eigenvalue weighted by Crippen LogP contribution is 2.20. The van der Waals surface area contributed by atoms with Gasteiger partial charge in [0, 0.05) is 6.07 Å². The van der Waals surface area contributed by atoms with Crippen molar-refractivity contribution >= 4 is 10.9 Å². The summed E-state index contributed by atoms with van der Waals surface area (Å²) in [5.41, 5.74) is -0.734. The summed E-state index contributed by atoms with van der Waals surface area (Å²) in [6, 6.07) is 2.23. The van der Waals surface area contributed by atoms with Crippen LogP contribution in [0.1, 0.15) is 6.92 Å². The lowest BCUT2D eigenvalue weighted by molar-refractivity contribution is 0.322. The van der Waals surface area contributed by atoms with E-state index in [0.29, 0.717) is 0 Å². The number of rotatable bonds is 2. The predicted molar refractivity (Wildman–Crippen MR) is 54.2 cm³/mol. The molecule has 0 aliphatic carbocycles. The molecule has 0 aliphatic rings. The van der Waals surface area contributed by atoms with E-state index in [1.54, 1.807) is 6.92 Å². The quantitative estimate of drug-likeness (QED) is 0.828. The summed E-state index contributed by atoms with van der Waals surface area (Å²) >= 11 is 0. The molecule has 16 heavy (non-hydrogen) atoms. The molecule has 0 aliphatic heterocycles. The molecule has 0 saturated heterocycles. The second-order valence-corrected chi connectivity index (χ2v) is 3.06. The number of hydrogen-bond donors (Lipinski definition) is 1. The van der Waals surface area contributed by atoms with Crippen LogP contribution in [0, 0.1) is 5.82 Å². The monoisotopic (exact) mass is 225 g/mol. The summed E-state index contributed by atoms with van der Waals surface area (Å²) in [4.78, 5) is 24.4. The van der Waals surface area contributed by atoms with Gasteiger partial charge >= 0.3 is 11.4 Å². The summed E-state index contributed by atoms with van der Waals surface area (Å²) in [5, 5.41) is 0.0736.